The average molecular weight is 293 g/mol. The summed E-state index contributed by atoms with van der Waals surface area (Å²) in [6.45, 7) is 3.74. The van der Waals surface area contributed by atoms with Gasteiger partial charge in [-0.05, 0) is 49.2 Å². The predicted octanol–water partition coefficient (Wildman–Crippen LogP) is 3.26. The van der Waals surface area contributed by atoms with E-state index in [2.05, 4.69) is 0 Å². The Morgan fingerprint density at radius 3 is 2.50 bits per heavy atom. The quantitative estimate of drug-likeness (QED) is 0.789. The Morgan fingerprint density at radius 1 is 1.09 bits per heavy atom. The molecule has 110 valence electrons. The molecule has 1 aromatic carbocycles. The largest absolute Gasteiger partial charge is 0.478 e. The minimum absolute atomic E-state index is 0.165. The molecule has 1 aliphatic heterocycles. The fourth-order valence-corrected chi connectivity index (χ4v) is 2.77. The van der Waals surface area contributed by atoms with Crippen molar-refractivity contribution in [1.82, 2.24) is 4.57 Å². The number of hydrogen-bond donors (Lipinski definition) is 1. The summed E-state index contributed by atoms with van der Waals surface area (Å²) < 4.78 is 1.87. The molecule has 0 saturated carbocycles. The summed E-state index contributed by atoms with van der Waals surface area (Å²) in [5, 5.41) is 9.58. The molecule has 0 fully saturated rings. The average Bonchev–Trinajstić information content (AvgIpc) is 2.47. The highest BCUT2D eigenvalue weighted by Crippen LogP contribution is 2.30. The number of aromatic carboxylic acids is 1. The van der Waals surface area contributed by atoms with Gasteiger partial charge in [-0.15, -0.1) is 0 Å². The highest BCUT2D eigenvalue weighted by atomic mass is 16.4. The second-order valence-corrected chi connectivity index (χ2v) is 5.30. The molecular weight excluding hydrogens is 278 g/mol. The van der Waals surface area contributed by atoms with Crippen LogP contribution in [0.3, 0.4) is 0 Å². The fraction of sp³-hybridized carbons (Fsp3) is 0.111. The Bertz CT molecular complexity index is 909. The van der Waals surface area contributed by atoms with Crippen molar-refractivity contribution in [3.8, 4) is 16.8 Å². The predicted molar refractivity (Wildman–Crippen MR) is 85.1 cm³/mol. The van der Waals surface area contributed by atoms with E-state index in [1.165, 1.54) is 12.1 Å². The van der Waals surface area contributed by atoms with Gasteiger partial charge in [0.2, 0.25) is 0 Å². The van der Waals surface area contributed by atoms with Crippen molar-refractivity contribution < 1.29 is 9.90 Å². The van der Waals surface area contributed by atoms with Crippen molar-refractivity contribution in [3.05, 3.63) is 75.7 Å². The number of carbonyl (C=O) groups is 1. The first kappa shape index (κ1) is 14.1. The van der Waals surface area contributed by atoms with E-state index in [0.29, 0.717) is 11.3 Å². The first-order chi connectivity index (χ1) is 10.5. The van der Waals surface area contributed by atoms with Crippen LogP contribution < -0.4 is 5.43 Å². The van der Waals surface area contributed by atoms with Crippen molar-refractivity contribution in [2.45, 2.75) is 13.8 Å². The topological polar surface area (TPSA) is 59.3 Å². The third-order valence-electron chi connectivity index (χ3n) is 3.87. The van der Waals surface area contributed by atoms with Gasteiger partial charge >= 0.3 is 5.97 Å². The summed E-state index contributed by atoms with van der Waals surface area (Å²) in [7, 11) is 0. The summed E-state index contributed by atoms with van der Waals surface area (Å²) in [5.74, 6) is -1.03. The maximum atomic E-state index is 11.7. The molecule has 0 unspecified atom stereocenters. The van der Waals surface area contributed by atoms with Crippen molar-refractivity contribution >= 4 is 5.97 Å². The first-order valence-electron chi connectivity index (χ1n) is 6.94. The van der Waals surface area contributed by atoms with Gasteiger partial charge in [0.1, 0.15) is 0 Å². The number of fused-ring (bicyclic) bond motifs is 1. The SMILES string of the molecule is Cc1ccccc1-n1cc2ccc(=O)cc-2c(C(=O)O)c1C. The van der Waals surface area contributed by atoms with Crippen LogP contribution in [0.15, 0.2) is 53.5 Å². The van der Waals surface area contributed by atoms with Gasteiger partial charge in [0.15, 0.2) is 5.43 Å². The Morgan fingerprint density at radius 2 is 1.82 bits per heavy atom. The zero-order valence-corrected chi connectivity index (χ0v) is 12.3. The number of aryl methyl sites for hydroxylation is 1. The van der Waals surface area contributed by atoms with Crippen LogP contribution in [0.1, 0.15) is 21.6 Å². The molecule has 0 atom stereocenters. The molecule has 22 heavy (non-hydrogen) atoms. The molecule has 0 bridgehead atoms. The molecule has 4 nitrogen and oxygen atoms in total. The number of carboxylic acid groups (broad SMARTS) is 1. The van der Waals surface area contributed by atoms with Crippen molar-refractivity contribution in [2.75, 3.05) is 0 Å². The Labute approximate surface area is 127 Å². The first-order valence-corrected chi connectivity index (χ1v) is 6.94. The summed E-state index contributed by atoms with van der Waals surface area (Å²) in [5.41, 5.74) is 3.75. The van der Waals surface area contributed by atoms with Gasteiger partial charge in [0.25, 0.3) is 0 Å². The second-order valence-electron chi connectivity index (χ2n) is 5.30. The van der Waals surface area contributed by atoms with Crippen molar-refractivity contribution in [2.24, 2.45) is 0 Å². The standard InChI is InChI=1S/C18H15NO3/c1-11-5-3-4-6-16(11)19-10-13-7-8-14(20)9-15(13)17(12(19)2)18(21)22/h3-10H,1-2H3,(H,21,22). The summed E-state index contributed by atoms with van der Waals surface area (Å²) in [6, 6.07) is 12.3. The Kier molecular flexibility index (Phi) is 3.29. The van der Waals surface area contributed by atoms with Crippen LogP contribution in [0.5, 0.6) is 0 Å². The normalized spacial score (nSPS) is 10.8. The molecule has 3 rings (SSSR count). The third-order valence-corrected chi connectivity index (χ3v) is 3.87. The molecule has 0 spiro atoms. The molecule has 0 saturated heterocycles. The molecule has 1 aromatic rings. The number of para-hydroxylation sites is 1. The number of aromatic nitrogens is 1. The molecule has 0 radical (unpaired) electrons. The lowest BCUT2D eigenvalue weighted by atomic mass is 9.97. The van der Waals surface area contributed by atoms with Gasteiger partial charge in [-0.1, -0.05) is 18.2 Å². The van der Waals surface area contributed by atoms with Crippen LogP contribution in [0.2, 0.25) is 0 Å². The van der Waals surface area contributed by atoms with Crippen LogP contribution >= 0.6 is 0 Å². The van der Waals surface area contributed by atoms with Gasteiger partial charge in [-0.25, -0.2) is 4.79 Å². The Balaban J connectivity index is 2.44. The monoisotopic (exact) mass is 293 g/mol. The maximum absolute atomic E-state index is 11.7. The van der Waals surface area contributed by atoms with E-state index >= 15 is 0 Å². The number of rotatable bonds is 2. The van der Waals surface area contributed by atoms with Gasteiger partial charge in [0, 0.05) is 23.1 Å². The number of carboxylic acids is 1. The van der Waals surface area contributed by atoms with Crippen LogP contribution in [0.25, 0.3) is 16.8 Å². The zero-order valence-electron chi connectivity index (χ0n) is 12.3. The van der Waals surface area contributed by atoms with E-state index in [-0.39, 0.29) is 11.0 Å². The van der Waals surface area contributed by atoms with E-state index in [1.54, 1.807) is 13.0 Å². The van der Waals surface area contributed by atoms with Crippen LogP contribution in [-0.4, -0.2) is 15.6 Å². The van der Waals surface area contributed by atoms with Crippen molar-refractivity contribution in [1.29, 1.82) is 0 Å². The lowest BCUT2D eigenvalue weighted by Gasteiger charge is -2.20. The molecule has 0 aromatic heterocycles. The molecule has 1 N–H and O–H groups in total. The fourth-order valence-electron chi connectivity index (χ4n) is 2.77. The van der Waals surface area contributed by atoms with E-state index in [4.69, 9.17) is 0 Å². The Hall–Kier alpha value is -2.88. The second kappa shape index (κ2) is 5.15. The summed E-state index contributed by atoms with van der Waals surface area (Å²) >= 11 is 0. The van der Waals surface area contributed by atoms with Gasteiger partial charge in [-0.3, -0.25) is 4.79 Å². The summed E-state index contributed by atoms with van der Waals surface area (Å²) in [4.78, 5) is 23.3. The number of nitrogens with zero attached hydrogens (tertiary/aromatic N) is 1. The van der Waals surface area contributed by atoms with Crippen molar-refractivity contribution in [3.63, 3.8) is 0 Å². The smallest absolute Gasteiger partial charge is 0.338 e. The van der Waals surface area contributed by atoms with Crippen LogP contribution in [-0.2, 0) is 0 Å². The van der Waals surface area contributed by atoms with Gasteiger partial charge in [-0.2, -0.15) is 0 Å². The van der Waals surface area contributed by atoms with Gasteiger partial charge < -0.3 is 9.67 Å². The van der Waals surface area contributed by atoms with Crippen LogP contribution in [0, 0.1) is 13.8 Å². The number of benzene rings is 2. The summed E-state index contributed by atoms with van der Waals surface area (Å²) in [6.07, 6.45) is 1.87. The number of hydrogen-bond acceptors (Lipinski definition) is 2. The molecule has 4 heteroatoms. The minimum Gasteiger partial charge on any atom is -0.478 e. The lowest BCUT2D eigenvalue weighted by Crippen LogP contribution is -2.14. The molecule has 0 amide bonds. The molecular formula is C18H15NO3. The molecule has 1 heterocycles. The van der Waals surface area contributed by atoms with E-state index in [0.717, 1.165) is 16.8 Å². The molecule has 2 aliphatic rings. The van der Waals surface area contributed by atoms with E-state index in [1.807, 2.05) is 42.0 Å². The lowest BCUT2D eigenvalue weighted by molar-refractivity contribution is 0.0696. The van der Waals surface area contributed by atoms with Crippen LogP contribution in [0.4, 0.5) is 0 Å². The zero-order chi connectivity index (χ0) is 15.9. The highest BCUT2D eigenvalue weighted by Gasteiger charge is 2.20. The van der Waals surface area contributed by atoms with E-state index in [9.17, 15) is 14.7 Å². The molecule has 1 aliphatic carbocycles. The number of pyridine rings is 1. The van der Waals surface area contributed by atoms with E-state index < -0.39 is 5.97 Å². The third kappa shape index (κ3) is 2.19. The minimum atomic E-state index is -1.03. The van der Waals surface area contributed by atoms with Gasteiger partial charge in [0.05, 0.1) is 5.56 Å². The maximum Gasteiger partial charge on any atom is 0.338 e. The highest BCUT2D eigenvalue weighted by molar-refractivity contribution is 5.97.